The van der Waals surface area contributed by atoms with Gasteiger partial charge in [-0.15, -0.1) is 0 Å². The largest absolute Gasteiger partial charge is 0.497 e. The second-order valence-electron chi connectivity index (χ2n) is 7.30. The summed E-state index contributed by atoms with van der Waals surface area (Å²) in [5.41, 5.74) is 1.44. The maximum Gasteiger partial charge on any atom is 0.243 e. The Morgan fingerprint density at radius 3 is 2.87 bits per heavy atom. The topological polar surface area (TPSA) is 85.5 Å². The van der Waals surface area contributed by atoms with Crippen LogP contribution in [0.3, 0.4) is 0 Å². The second-order valence-corrected chi connectivity index (χ2v) is 9.64. The number of ether oxygens (including phenoxy) is 1. The Bertz CT molecular complexity index is 1160. The molecule has 158 valence electrons. The standard InChI is InChI=1S/C21H22ClN3O4S/c1-14-8-9-17(22)12-19(14)30(26,27)25-10-4-6-16(13-25)21-23-20(24-29-21)15-5-3-7-18(11-15)28-2/h3,5,7-9,11-12,16H,4,6,10,13H2,1-2H3. The zero-order valence-corrected chi connectivity index (χ0v) is 18.3. The van der Waals surface area contributed by atoms with Crippen LogP contribution in [-0.2, 0) is 10.0 Å². The van der Waals surface area contributed by atoms with Gasteiger partial charge in [0.15, 0.2) is 0 Å². The zero-order chi connectivity index (χ0) is 21.3. The lowest BCUT2D eigenvalue weighted by Crippen LogP contribution is -2.39. The van der Waals surface area contributed by atoms with Crippen molar-refractivity contribution in [2.45, 2.75) is 30.6 Å². The van der Waals surface area contributed by atoms with Crippen molar-refractivity contribution < 1.29 is 17.7 Å². The van der Waals surface area contributed by atoms with Crippen LogP contribution < -0.4 is 4.74 Å². The van der Waals surface area contributed by atoms with E-state index in [1.54, 1.807) is 26.2 Å². The van der Waals surface area contributed by atoms with Crippen LogP contribution in [-0.4, -0.2) is 43.1 Å². The third-order valence-corrected chi connectivity index (χ3v) is 7.51. The molecule has 1 aliphatic rings. The van der Waals surface area contributed by atoms with Crippen molar-refractivity contribution in [2.24, 2.45) is 0 Å². The molecule has 1 atom stereocenters. The van der Waals surface area contributed by atoms with E-state index in [9.17, 15) is 8.42 Å². The molecule has 30 heavy (non-hydrogen) atoms. The van der Waals surface area contributed by atoms with Gasteiger partial charge < -0.3 is 9.26 Å². The average molecular weight is 448 g/mol. The molecule has 7 nitrogen and oxygen atoms in total. The number of benzene rings is 2. The Morgan fingerprint density at radius 1 is 1.23 bits per heavy atom. The molecular weight excluding hydrogens is 426 g/mol. The molecule has 1 aliphatic heterocycles. The first-order chi connectivity index (χ1) is 14.4. The summed E-state index contributed by atoms with van der Waals surface area (Å²) < 4.78 is 38.7. The van der Waals surface area contributed by atoms with Gasteiger partial charge in [0.2, 0.25) is 21.7 Å². The van der Waals surface area contributed by atoms with Crippen molar-refractivity contribution in [1.82, 2.24) is 14.4 Å². The molecular formula is C21H22ClN3O4S. The Morgan fingerprint density at radius 2 is 2.07 bits per heavy atom. The maximum absolute atomic E-state index is 13.2. The third-order valence-electron chi connectivity index (χ3n) is 5.27. The first-order valence-corrected chi connectivity index (χ1v) is 11.4. The molecule has 0 aliphatic carbocycles. The fourth-order valence-corrected chi connectivity index (χ4v) is 5.65. The van der Waals surface area contributed by atoms with Gasteiger partial charge in [0, 0.05) is 23.7 Å². The van der Waals surface area contributed by atoms with E-state index >= 15 is 0 Å². The van der Waals surface area contributed by atoms with E-state index in [1.807, 2.05) is 24.3 Å². The number of halogens is 1. The average Bonchev–Trinajstić information content (AvgIpc) is 3.26. The normalized spacial score (nSPS) is 17.8. The number of sulfonamides is 1. The lowest BCUT2D eigenvalue weighted by atomic mass is 10.00. The summed E-state index contributed by atoms with van der Waals surface area (Å²) in [6.07, 6.45) is 1.49. The minimum atomic E-state index is -3.67. The van der Waals surface area contributed by atoms with E-state index in [2.05, 4.69) is 10.1 Å². The highest BCUT2D eigenvalue weighted by molar-refractivity contribution is 7.89. The van der Waals surface area contributed by atoms with E-state index in [1.165, 1.54) is 10.4 Å². The summed E-state index contributed by atoms with van der Waals surface area (Å²) in [4.78, 5) is 4.76. The molecule has 0 bridgehead atoms. The van der Waals surface area contributed by atoms with E-state index in [4.69, 9.17) is 20.9 Å². The predicted molar refractivity (Wildman–Crippen MR) is 113 cm³/mol. The van der Waals surface area contributed by atoms with E-state index in [-0.39, 0.29) is 17.4 Å². The molecule has 3 aromatic rings. The van der Waals surface area contributed by atoms with Crippen LogP contribution in [0.1, 0.15) is 30.2 Å². The molecule has 2 heterocycles. The SMILES string of the molecule is COc1cccc(-c2noc(C3CCCN(S(=O)(=O)c4cc(Cl)ccc4C)C3)n2)c1. The quantitative estimate of drug-likeness (QED) is 0.580. The van der Waals surface area contributed by atoms with Gasteiger partial charge in [-0.05, 0) is 49.6 Å². The number of piperidine rings is 1. The molecule has 0 amide bonds. The number of aromatic nitrogens is 2. The Kier molecular flexibility index (Phi) is 5.81. The molecule has 1 unspecified atom stereocenters. The van der Waals surface area contributed by atoms with Crippen LogP contribution >= 0.6 is 11.6 Å². The fourth-order valence-electron chi connectivity index (χ4n) is 3.63. The van der Waals surface area contributed by atoms with Crippen LogP contribution in [0, 0.1) is 6.92 Å². The summed E-state index contributed by atoms with van der Waals surface area (Å²) in [6.45, 7) is 2.50. The number of methoxy groups -OCH3 is 1. The number of hydrogen-bond donors (Lipinski definition) is 0. The molecule has 2 aromatic carbocycles. The highest BCUT2D eigenvalue weighted by Crippen LogP contribution is 2.32. The molecule has 0 N–H and O–H groups in total. The van der Waals surface area contributed by atoms with Crippen LogP contribution in [0.5, 0.6) is 5.75 Å². The number of rotatable bonds is 5. The van der Waals surface area contributed by atoms with Crippen LogP contribution in [0.25, 0.3) is 11.4 Å². The van der Waals surface area contributed by atoms with Gasteiger partial charge in [0.25, 0.3) is 0 Å². The van der Waals surface area contributed by atoms with Gasteiger partial charge in [-0.3, -0.25) is 0 Å². The van der Waals surface area contributed by atoms with Crippen molar-refractivity contribution in [3.8, 4) is 17.1 Å². The fraction of sp³-hybridized carbons (Fsp3) is 0.333. The van der Waals surface area contributed by atoms with Crippen LogP contribution in [0.2, 0.25) is 5.02 Å². The zero-order valence-electron chi connectivity index (χ0n) is 16.7. The van der Waals surface area contributed by atoms with Gasteiger partial charge in [-0.2, -0.15) is 9.29 Å². The van der Waals surface area contributed by atoms with Crippen molar-refractivity contribution in [3.63, 3.8) is 0 Å². The number of hydrogen-bond acceptors (Lipinski definition) is 6. The summed E-state index contributed by atoms with van der Waals surface area (Å²) in [5, 5.41) is 4.48. The van der Waals surface area contributed by atoms with Crippen molar-refractivity contribution in [3.05, 3.63) is 58.9 Å². The molecule has 0 spiro atoms. The van der Waals surface area contributed by atoms with Gasteiger partial charge in [0.05, 0.1) is 17.9 Å². The summed E-state index contributed by atoms with van der Waals surface area (Å²) in [7, 11) is -2.07. The molecule has 1 aromatic heterocycles. The summed E-state index contributed by atoms with van der Waals surface area (Å²) in [5.74, 6) is 1.43. The molecule has 4 rings (SSSR count). The molecule has 0 saturated carbocycles. The minimum Gasteiger partial charge on any atom is -0.497 e. The predicted octanol–water partition coefficient (Wildman–Crippen LogP) is 4.28. The summed E-state index contributed by atoms with van der Waals surface area (Å²) >= 11 is 6.04. The molecule has 1 fully saturated rings. The van der Waals surface area contributed by atoms with Crippen molar-refractivity contribution in [1.29, 1.82) is 0 Å². The van der Waals surface area contributed by atoms with Gasteiger partial charge >= 0.3 is 0 Å². The van der Waals surface area contributed by atoms with E-state index in [0.717, 1.165) is 12.0 Å². The first-order valence-electron chi connectivity index (χ1n) is 9.63. The van der Waals surface area contributed by atoms with Gasteiger partial charge in [-0.25, -0.2) is 8.42 Å². The molecule has 9 heteroatoms. The Balaban J connectivity index is 1.57. The Labute approximate surface area is 180 Å². The lowest BCUT2D eigenvalue weighted by molar-refractivity contribution is 0.265. The monoisotopic (exact) mass is 447 g/mol. The second kappa shape index (κ2) is 8.37. The van der Waals surface area contributed by atoms with Crippen LogP contribution in [0.15, 0.2) is 51.9 Å². The third kappa shape index (κ3) is 4.08. The van der Waals surface area contributed by atoms with Gasteiger partial charge in [-0.1, -0.05) is 35.0 Å². The number of aryl methyl sites for hydroxylation is 1. The molecule has 0 radical (unpaired) electrons. The highest BCUT2D eigenvalue weighted by atomic mass is 35.5. The highest BCUT2D eigenvalue weighted by Gasteiger charge is 2.34. The smallest absolute Gasteiger partial charge is 0.243 e. The first kappa shape index (κ1) is 20.8. The van der Waals surface area contributed by atoms with Crippen LogP contribution in [0.4, 0.5) is 0 Å². The lowest BCUT2D eigenvalue weighted by Gasteiger charge is -2.30. The summed E-state index contributed by atoms with van der Waals surface area (Å²) in [6, 6.07) is 12.3. The van der Waals surface area contributed by atoms with Gasteiger partial charge in [0.1, 0.15) is 5.75 Å². The minimum absolute atomic E-state index is 0.167. The van der Waals surface area contributed by atoms with Crippen molar-refractivity contribution >= 4 is 21.6 Å². The molecule has 1 saturated heterocycles. The van der Waals surface area contributed by atoms with E-state index in [0.29, 0.717) is 41.0 Å². The maximum atomic E-state index is 13.2. The van der Waals surface area contributed by atoms with Crippen molar-refractivity contribution in [2.75, 3.05) is 20.2 Å². The Hall–Kier alpha value is -2.42. The number of nitrogens with zero attached hydrogens (tertiary/aromatic N) is 3. The van der Waals surface area contributed by atoms with E-state index < -0.39 is 10.0 Å².